The highest BCUT2D eigenvalue weighted by Gasteiger charge is 1.97. The van der Waals surface area contributed by atoms with Gasteiger partial charge in [-0.05, 0) is 31.6 Å². The van der Waals surface area contributed by atoms with Gasteiger partial charge in [0.05, 0.1) is 6.61 Å². The van der Waals surface area contributed by atoms with E-state index >= 15 is 0 Å². The van der Waals surface area contributed by atoms with Gasteiger partial charge in [0.2, 0.25) is 0 Å². The molecule has 0 radical (unpaired) electrons. The molecule has 0 aliphatic heterocycles. The molecule has 1 nitrogen and oxygen atoms in total. The van der Waals surface area contributed by atoms with Crippen molar-refractivity contribution < 1.29 is 4.74 Å². The largest absolute Gasteiger partial charge is 0.498 e. The first-order chi connectivity index (χ1) is 4.83. The summed E-state index contributed by atoms with van der Waals surface area (Å²) in [5.74, 6) is 1.05. The minimum atomic E-state index is 0.757. The summed E-state index contributed by atoms with van der Waals surface area (Å²) in [5, 5.41) is 0. The molecule has 1 aliphatic rings. The SMILES string of the molecule is CCOC1=CC(C)=C=CC1. The molecule has 0 aromatic carbocycles. The van der Waals surface area contributed by atoms with Crippen LogP contribution in [0.4, 0.5) is 0 Å². The standard InChI is InChI=1S/C9H12O/c1-3-10-9-6-4-5-8(2)7-9/h4,7H,3,6H2,1-2H3. The first-order valence-corrected chi connectivity index (χ1v) is 3.58. The van der Waals surface area contributed by atoms with Gasteiger partial charge in [-0.25, -0.2) is 0 Å². The van der Waals surface area contributed by atoms with E-state index in [-0.39, 0.29) is 0 Å². The van der Waals surface area contributed by atoms with E-state index in [1.165, 1.54) is 0 Å². The van der Waals surface area contributed by atoms with Crippen LogP contribution in [0.1, 0.15) is 20.3 Å². The van der Waals surface area contributed by atoms with Crippen LogP contribution in [-0.4, -0.2) is 6.61 Å². The summed E-state index contributed by atoms with van der Waals surface area (Å²) in [6.45, 7) is 4.78. The fraction of sp³-hybridized carbons (Fsp3) is 0.444. The van der Waals surface area contributed by atoms with Crippen LogP contribution in [0.5, 0.6) is 0 Å². The van der Waals surface area contributed by atoms with Crippen molar-refractivity contribution in [3.8, 4) is 0 Å². The van der Waals surface area contributed by atoms with Gasteiger partial charge in [-0.2, -0.15) is 0 Å². The molecule has 54 valence electrons. The third-order valence-corrected chi connectivity index (χ3v) is 1.34. The van der Waals surface area contributed by atoms with Crippen molar-refractivity contribution in [1.82, 2.24) is 0 Å². The molecule has 0 N–H and O–H groups in total. The number of hydrogen-bond donors (Lipinski definition) is 0. The van der Waals surface area contributed by atoms with Crippen LogP contribution < -0.4 is 0 Å². The molecule has 0 atom stereocenters. The van der Waals surface area contributed by atoms with Crippen molar-refractivity contribution >= 4 is 0 Å². The van der Waals surface area contributed by atoms with Crippen molar-refractivity contribution in [2.24, 2.45) is 0 Å². The minimum Gasteiger partial charge on any atom is -0.498 e. The lowest BCUT2D eigenvalue weighted by Gasteiger charge is -2.07. The van der Waals surface area contributed by atoms with Crippen LogP contribution in [0.25, 0.3) is 0 Å². The van der Waals surface area contributed by atoms with Crippen LogP contribution in [0, 0.1) is 0 Å². The molecule has 1 aliphatic carbocycles. The summed E-state index contributed by atoms with van der Waals surface area (Å²) in [5.41, 5.74) is 4.25. The monoisotopic (exact) mass is 136 g/mol. The highest BCUT2D eigenvalue weighted by atomic mass is 16.5. The fourth-order valence-corrected chi connectivity index (χ4v) is 0.941. The van der Waals surface area contributed by atoms with Crippen molar-refractivity contribution in [2.45, 2.75) is 20.3 Å². The summed E-state index contributed by atoms with van der Waals surface area (Å²) < 4.78 is 5.32. The van der Waals surface area contributed by atoms with Gasteiger partial charge in [-0.15, -0.1) is 5.73 Å². The van der Waals surface area contributed by atoms with E-state index in [0.717, 1.165) is 24.4 Å². The molecule has 0 aromatic heterocycles. The molecule has 10 heavy (non-hydrogen) atoms. The molecule has 0 amide bonds. The number of rotatable bonds is 2. The highest BCUT2D eigenvalue weighted by Crippen LogP contribution is 2.11. The Labute approximate surface area is 61.7 Å². The Hall–Kier alpha value is -0.940. The van der Waals surface area contributed by atoms with Gasteiger partial charge in [0.15, 0.2) is 0 Å². The Morgan fingerprint density at radius 3 is 3.10 bits per heavy atom. The lowest BCUT2D eigenvalue weighted by atomic mass is 10.1. The highest BCUT2D eigenvalue weighted by molar-refractivity contribution is 5.23. The maximum absolute atomic E-state index is 5.32. The topological polar surface area (TPSA) is 9.23 Å². The Morgan fingerprint density at radius 1 is 1.70 bits per heavy atom. The van der Waals surface area contributed by atoms with Crippen molar-refractivity contribution in [3.63, 3.8) is 0 Å². The molecular weight excluding hydrogens is 124 g/mol. The molecule has 0 unspecified atom stereocenters. The zero-order chi connectivity index (χ0) is 7.40. The zero-order valence-electron chi connectivity index (χ0n) is 6.48. The summed E-state index contributed by atoms with van der Waals surface area (Å²) in [7, 11) is 0. The average Bonchev–Trinajstić information content (AvgIpc) is 1.88. The van der Waals surface area contributed by atoms with Crippen LogP contribution >= 0.6 is 0 Å². The van der Waals surface area contributed by atoms with Crippen LogP contribution in [0.2, 0.25) is 0 Å². The van der Waals surface area contributed by atoms with E-state index in [4.69, 9.17) is 4.74 Å². The normalized spacial score (nSPS) is 16.2. The van der Waals surface area contributed by atoms with Gasteiger partial charge in [-0.1, -0.05) is 0 Å². The summed E-state index contributed by atoms with van der Waals surface area (Å²) in [6.07, 6.45) is 4.93. The molecule has 0 heterocycles. The van der Waals surface area contributed by atoms with E-state index in [0.29, 0.717) is 0 Å². The second kappa shape index (κ2) is 3.28. The quantitative estimate of drug-likeness (QED) is 0.530. The van der Waals surface area contributed by atoms with E-state index in [9.17, 15) is 0 Å². The minimum absolute atomic E-state index is 0.757. The Morgan fingerprint density at radius 2 is 2.50 bits per heavy atom. The van der Waals surface area contributed by atoms with Crippen LogP contribution in [0.15, 0.2) is 29.2 Å². The molecule has 0 bridgehead atoms. The third-order valence-electron chi connectivity index (χ3n) is 1.34. The van der Waals surface area contributed by atoms with Crippen molar-refractivity contribution in [1.29, 1.82) is 0 Å². The molecular formula is C9H12O. The molecule has 0 fully saturated rings. The fourth-order valence-electron chi connectivity index (χ4n) is 0.941. The summed E-state index contributed by atoms with van der Waals surface area (Å²) in [4.78, 5) is 0. The average molecular weight is 136 g/mol. The van der Waals surface area contributed by atoms with Gasteiger partial charge >= 0.3 is 0 Å². The zero-order valence-corrected chi connectivity index (χ0v) is 6.48. The molecule has 1 rings (SSSR count). The predicted molar refractivity (Wildman–Crippen MR) is 41.6 cm³/mol. The van der Waals surface area contributed by atoms with E-state index in [1.54, 1.807) is 0 Å². The molecule has 0 aromatic rings. The van der Waals surface area contributed by atoms with E-state index < -0.39 is 0 Å². The summed E-state index contributed by atoms with van der Waals surface area (Å²) in [6, 6.07) is 0. The smallest absolute Gasteiger partial charge is 0.101 e. The maximum atomic E-state index is 5.32. The van der Waals surface area contributed by atoms with Crippen molar-refractivity contribution in [2.75, 3.05) is 6.61 Å². The number of ether oxygens (including phenoxy) is 1. The second-order valence-electron chi connectivity index (χ2n) is 2.28. The Balaban J connectivity index is 2.60. The maximum Gasteiger partial charge on any atom is 0.101 e. The van der Waals surface area contributed by atoms with Crippen molar-refractivity contribution in [3.05, 3.63) is 29.2 Å². The van der Waals surface area contributed by atoms with E-state index in [1.807, 2.05) is 26.0 Å². The van der Waals surface area contributed by atoms with Gasteiger partial charge in [0.1, 0.15) is 5.76 Å². The summed E-state index contributed by atoms with van der Waals surface area (Å²) >= 11 is 0. The van der Waals surface area contributed by atoms with Gasteiger partial charge in [0, 0.05) is 6.42 Å². The Bertz CT molecular complexity index is 205. The van der Waals surface area contributed by atoms with Gasteiger partial charge in [0.25, 0.3) is 0 Å². The van der Waals surface area contributed by atoms with Gasteiger partial charge < -0.3 is 4.74 Å². The van der Waals surface area contributed by atoms with Crippen LogP contribution in [-0.2, 0) is 4.74 Å². The third kappa shape index (κ3) is 1.78. The second-order valence-corrected chi connectivity index (χ2v) is 2.28. The van der Waals surface area contributed by atoms with E-state index in [2.05, 4.69) is 5.73 Å². The predicted octanol–water partition coefficient (Wildman–Crippen LogP) is 2.41. The molecule has 0 saturated carbocycles. The molecule has 1 heteroatoms. The lowest BCUT2D eigenvalue weighted by Crippen LogP contribution is -1.92. The molecule has 0 spiro atoms. The first-order valence-electron chi connectivity index (χ1n) is 3.58. The first kappa shape index (κ1) is 7.17. The lowest BCUT2D eigenvalue weighted by molar-refractivity contribution is 0.224. The number of allylic oxidation sites excluding steroid dienone is 2. The number of hydrogen-bond acceptors (Lipinski definition) is 1. The molecule has 0 saturated heterocycles. The van der Waals surface area contributed by atoms with Crippen LogP contribution in [0.3, 0.4) is 0 Å². The van der Waals surface area contributed by atoms with Gasteiger partial charge in [-0.3, -0.25) is 0 Å². The Kier molecular flexibility index (Phi) is 2.35.